The number of benzene rings is 1. The summed E-state index contributed by atoms with van der Waals surface area (Å²) in [6.45, 7) is 4.12. The second-order valence-electron chi connectivity index (χ2n) is 5.93. The monoisotopic (exact) mass is 272 g/mol. The van der Waals surface area contributed by atoms with E-state index in [1.807, 2.05) is 4.57 Å². The lowest BCUT2D eigenvalue weighted by Gasteiger charge is -2.24. The van der Waals surface area contributed by atoms with Crippen LogP contribution >= 0.6 is 0 Å². The van der Waals surface area contributed by atoms with Gasteiger partial charge < -0.3 is 9.67 Å². The zero-order chi connectivity index (χ0) is 14.3. The first-order valence-electron chi connectivity index (χ1n) is 7.22. The molecule has 1 fully saturated rings. The molecular weight excluding hydrogens is 252 g/mol. The molecule has 3 rings (SSSR count). The molecule has 1 N–H and O–H groups in total. The third kappa shape index (κ3) is 2.30. The molecule has 0 unspecified atom stereocenters. The number of carboxylic acids is 1. The van der Waals surface area contributed by atoms with Crippen LogP contribution in [0.1, 0.15) is 36.2 Å². The highest BCUT2D eigenvalue weighted by Gasteiger charge is 2.22. The molecule has 1 aromatic heterocycles. The molecule has 0 spiro atoms. The first kappa shape index (κ1) is 13.2. The maximum absolute atomic E-state index is 11.1. The van der Waals surface area contributed by atoms with Crippen molar-refractivity contribution in [1.82, 2.24) is 9.55 Å². The summed E-state index contributed by atoms with van der Waals surface area (Å²) in [5.41, 5.74) is 4.25. The quantitative estimate of drug-likeness (QED) is 0.930. The molecule has 1 saturated carbocycles. The van der Waals surface area contributed by atoms with Crippen molar-refractivity contribution in [3.05, 3.63) is 29.1 Å². The highest BCUT2D eigenvalue weighted by atomic mass is 16.4. The minimum absolute atomic E-state index is 0.00105. The Morgan fingerprint density at radius 1 is 1.35 bits per heavy atom. The van der Waals surface area contributed by atoms with Crippen molar-refractivity contribution < 1.29 is 9.90 Å². The number of carbonyl (C=O) groups is 1. The van der Waals surface area contributed by atoms with Gasteiger partial charge in [-0.15, -0.1) is 0 Å². The van der Waals surface area contributed by atoms with Gasteiger partial charge in [-0.3, -0.25) is 4.79 Å². The number of rotatable bonds is 4. The van der Waals surface area contributed by atoms with E-state index in [1.54, 1.807) is 0 Å². The summed E-state index contributed by atoms with van der Waals surface area (Å²) in [5.74, 6) is 0.802. The fraction of sp³-hybridized carbons (Fsp3) is 0.500. The number of hydrogen-bond acceptors (Lipinski definition) is 2. The van der Waals surface area contributed by atoms with E-state index in [-0.39, 0.29) is 6.54 Å². The lowest BCUT2D eigenvalue weighted by atomic mass is 9.83. The molecule has 106 valence electrons. The minimum atomic E-state index is -0.808. The molecule has 1 aromatic carbocycles. The molecule has 2 aromatic rings. The molecular formula is C16H20N2O2. The maximum atomic E-state index is 11.1. The van der Waals surface area contributed by atoms with Gasteiger partial charge in [-0.2, -0.15) is 0 Å². The fourth-order valence-electron chi connectivity index (χ4n) is 2.85. The van der Waals surface area contributed by atoms with Crippen LogP contribution in [0.4, 0.5) is 0 Å². The van der Waals surface area contributed by atoms with E-state index in [2.05, 4.69) is 31.0 Å². The molecule has 1 heterocycles. The van der Waals surface area contributed by atoms with E-state index in [1.165, 1.54) is 30.4 Å². The number of nitrogens with zero attached hydrogens (tertiary/aromatic N) is 2. The Bertz CT molecular complexity index is 669. The summed E-state index contributed by atoms with van der Waals surface area (Å²) < 4.78 is 1.88. The minimum Gasteiger partial charge on any atom is -0.480 e. The first-order valence-corrected chi connectivity index (χ1v) is 7.22. The van der Waals surface area contributed by atoms with Crippen LogP contribution in [-0.2, 0) is 17.8 Å². The number of aliphatic carboxylic acids is 1. The first-order chi connectivity index (χ1) is 9.54. The Morgan fingerprint density at radius 3 is 2.65 bits per heavy atom. The highest BCUT2D eigenvalue weighted by Crippen LogP contribution is 2.31. The van der Waals surface area contributed by atoms with Crippen LogP contribution in [0.2, 0.25) is 0 Å². The van der Waals surface area contributed by atoms with Gasteiger partial charge >= 0.3 is 5.97 Å². The van der Waals surface area contributed by atoms with Gasteiger partial charge in [0.05, 0.1) is 11.0 Å². The Kier molecular flexibility index (Phi) is 3.24. The molecule has 0 saturated heterocycles. The van der Waals surface area contributed by atoms with Crippen LogP contribution in [-0.4, -0.2) is 20.6 Å². The Balaban J connectivity index is 2.08. The van der Waals surface area contributed by atoms with Crippen LogP contribution in [0.5, 0.6) is 0 Å². The van der Waals surface area contributed by atoms with Crippen molar-refractivity contribution in [3.8, 4) is 0 Å². The van der Waals surface area contributed by atoms with E-state index in [0.29, 0.717) is 5.92 Å². The Hall–Kier alpha value is -1.84. The van der Waals surface area contributed by atoms with E-state index >= 15 is 0 Å². The van der Waals surface area contributed by atoms with E-state index in [4.69, 9.17) is 5.11 Å². The second-order valence-corrected chi connectivity index (χ2v) is 5.93. The molecule has 0 radical (unpaired) electrons. The summed E-state index contributed by atoms with van der Waals surface area (Å²) in [4.78, 5) is 15.8. The van der Waals surface area contributed by atoms with Gasteiger partial charge in [0.2, 0.25) is 0 Å². The van der Waals surface area contributed by atoms with Crippen LogP contribution in [0.15, 0.2) is 12.1 Å². The van der Waals surface area contributed by atoms with Gasteiger partial charge in [-0.25, -0.2) is 4.98 Å². The number of hydrogen-bond donors (Lipinski definition) is 1. The number of imidazole rings is 1. The van der Waals surface area contributed by atoms with Gasteiger partial charge in [0.1, 0.15) is 12.4 Å². The summed E-state index contributed by atoms with van der Waals surface area (Å²) in [6, 6.07) is 4.12. The third-order valence-corrected chi connectivity index (χ3v) is 4.43. The molecule has 1 aliphatic carbocycles. The lowest BCUT2D eigenvalue weighted by molar-refractivity contribution is -0.137. The molecule has 0 amide bonds. The predicted molar refractivity (Wildman–Crippen MR) is 77.9 cm³/mol. The highest BCUT2D eigenvalue weighted by molar-refractivity contribution is 5.80. The average molecular weight is 272 g/mol. The fourth-order valence-corrected chi connectivity index (χ4v) is 2.85. The molecule has 1 aliphatic rings. The van der Waals surface area contributed by atoms with Crippen molar-refractivity contribution in [3.63, 3.8) is 0 Å². The van der Waals surface area contributed by atoms with Crippen LogP contribution in [0.25, 0.3) is 11.0 Å². The Labute approximate surface area is 118 Å². The van der Waals surface area contributed by atoms with Gasteiger partial charge in [-0.05, 0) is 43.0 Å². The van der Waals surface area contributed by atoms with E-state index < -0.39 is 5.97 Å². The topological polar surface area (TPSA) is 55.1 Å². The Morgan fingerprint density at radius 2 is 2.05 bits per heavy atom. The summed E-state index contributed by atoms with van der Waals surface area (Å²) in [5, 5.41) is 9.15. The third-order valence-electron chi connectivity index (χ3n) is 4.43. The lowest BCUT2D eigenvalue weighted by Crippen LogP contribution is -2.19. The van der Waals surface area contributed by atoms with Crippen molar-refractivity contribution in [1.29, 1.82) is 0 Å². The predicted octanol–water partition coefficient (Wildman–Crippen LogP) is 3.08. The molecule has 4 heteroatoms. The van der Waals surface area contributed by atoms with Crippen LogP contribution < -0.4 is 0 Å². The van der Waals surface area contributed by atoms with Crippen molar-refractivity contribution in [2.24, 2.45) is 5.92 Å². The smallest absolute Gasteiger partial charge is 0.323 e. The van der Waals surface area contributed by atoms with E-state index in [9.17, 15) is 4.79 Å². The standard InChI is InChI=1S/C16H20N2O2/c1-10-6-13-14(7-11(10)2)18(9-16(19)20)15(17-13)8-12-4-3-5-12/h6-7,12H,3-5,8-9H2,1-2H3,(H,19,20). The maximum Gasteiger partial charge on any atom is 0.323 e. The van der Waals surface area contributed by atoms with Crippen molar-refractivity contribution in [2.45, 2.75) is 46.1 Å². The average Bonchev–Trinajstić information content (AvgIpc) is 2.62. The largest absolute Gasteiger partial charge is 0.480 e. The zero-order valence-corrected chi connectivity index (χ0v) is 12.0. The molecule has 0 aliphatic heterocycles. The zero-order valence-electron chi connectivity index (χ0n) is 12.0. The van der Waals surface area contributed by atoms with Gasteiger partial charge in [0, 0.05) is 6.42 Å². The number of fused-ring (bicyclic) bond motifs is 1. The molecule has 20 heavy (non-hydrogen) atoms. The van der Waals surface area contributed by atoms with Crippen molar-refractivity contribution >= 4 is 17.0 Å². The van der Waals surface area contributed by atoms with Crippen LogP contribution in [0, 0.1) is 19.8 Å². The van der Waals surface area contributed by atoms with Gasteiger partial charge in [0.15, 0.2) is 0 Å². The van der Waals surface area contributed by atoms with Gasteiger partial charge in [0.25, 0.3) is 0 Å². The van der Waals surface area contributed by atoms with Crippen molar-refractivity contribution in [2.75, 3.05) is 0 Å². The summed E-state index contributed by atoms with van der Waals surface area (Å²) >= 11 is 0. The molecule has 4 nitrogen and oxygen atoms in total. The normalized spacial score (nSPS) is 15.5. The summed E-state index contributed by atoms with van der Waals surface area (Å²) in [6.07, 6.45) is 4.69. The van der Waals surface area contributed by atoms with Gasteiger partial charge in [-0.1, -0.05) is 19.3 Å². The molecule has 0 atom stereocenters. The van der Waals surface area contributed by atoms with Crippen LogP contribution in [0.3, 0.4) is 0 Å². The summed E-state index contributed by atoms with van der Waals surface area (Å²) in [7, 11) is 0. The second kappa shape index (κ2) is 4.93. The van der Waals surface area contributed by atoms with E-state index in [0.717, 1.165) is 23.3 Å². The number of carboxylic acid groups (broad SMARTS) is 1. The SMILES string of the molecule is Cc1cc2nc(CC3CCC3)n(CC(=O)O)c2cc1C. The number of aryl methyl sites for hydroxylation is 2. The number of aromatic nitrogens is 2. The molecule has 0 bridgehead atoms.